The van der Waals surface area contributed by atoms with Gasteiger partial charge in [0.2, 0.25) is 5.91 Å². The number of nitrogens with zero attached hydrogens (tertiary/aromatic N) is 2. The molecule has 0 saturated carbocycles. The van der Waals surface area contributed by atoms with E-state index in [9.17, 15) is 14.4 Å². The first-order chi connectivity index (χ1) is 17.5. The van der Waals surface area contributed by atoms with Crippen molar-refractivity contribution in [2.24, 2.45) is 0 Å². The highest BCUT2D eigenvalue weighted by molar-refractivity contribution is 6.06. The summed E-state index contributed by atoms with van der Waals surface area (Å²) < 4.78 is 0. The summed E-state index contributed by atoms with van der Waals surface area (Å²) >= 11 is 0. The summed E-state index contributed by atoms with van der Waals surface area (Å²) in [6, 6.07) is 23.6. The molecule has 4 rings (SSSR count). The van der Waals surface area contributed by atoms with Crippen LogP contribution in [-0.4, -0.2) is 48.8 Å². The molecule has 36 heavy (non-hydrogen) atoms. The number of likely N-dealkylation sites (tertiary alicyclic amines) is 1. The van der Waals surface area contributed by atoms with Crippen LogP contribution < -0.4 is 15.5 Å². The molecular formula is C29H32N4O3. The van der Waals surface area contributed by atoms with Crippen LogP contribution >= 0.6 is 0 Å². The smallest absolute Gasteiger partial charge is 0.258 e. The summed E-state index contributed by atoms with van der Waals surface area (Å²) in [6.07, 6.45) is 3.30. The molecule has 186 valence electrons. The fourth-order valence-electron chi connectivity index (χ4n) is 4.30. The lowest BCUT2D eigenvalue weighted by molar-refractivity contribution is -0.114. The largest absolute Gasteiger partial charge is 0.376 e. The molecular weight excluding hydrogens is 452 g/mol. The lowest BCUT2D eigenvalue weighted by Gasteiger charge is -2.26. The molecule has 1 fully saturated rings. The summed E-state index contributed by atoms with van der Waals surface area (Å²) in [5.41, 5.74) is 3.44. The summed E-state index contributed by atoms with van der Waals surface area (Å²) in [4.78, 5) is 41.6. The third-order valence-corrected chi connectivity index (χ3v) is 6.27. The second-order valence-corrected chi connectivity index (χ2v) is 8.79. The van der Waals surface area contributed by atoms with E-state index >= 15 is 0 Å². The van der Waals surface area contributed by atoms with Gasteiger partial charge >= 0.3 is 0 Å². The average Bonchev–Trinajstić information content (AvgIpc) is 2.93. The van der Waals surface area contributed by atoms with Gasteiger partial charge in [0.25, 0.3) is 11.8 Å². The molecule has 1 aliphatic rings. The van der Waals surface area contributed by atoms with Crippen molar-refractivity contribution in [3.8, 4) is 0 Å². The zero-order valence-electron chi connectivity index (χ0n) is 20.6. The van der Waals surface area contributed by atoms with Crippen LogP contribution in [0.2, 0.25) is 0 Å². The number of piperidine rings is 1. The molecule has 7 heteroatoms. The SMILES string of the molecule is CCN(C(=O)c1ccc(NC(=O)CNc2ccc(C(=O)N3CCCCC3)cc2)cc1)c1ccccc1. The Morgan fingerprint density at radius 1 is 0.778 bits per heavy atom. The van der Waals surface area contributed by atoms with E-state index in [1.807, 2.05) is 54.3 Å². The molecule has 1 aliphatic heterocycles. The van der Waals surface area contributed by atoms with Crippen LogP contribution in [0.5, 0.6) is 0 Å². The van der Waals surface area contributed by atoms with Crippen molar-refractivity contribution >= 4 is 34.8 Å². The van der Waals surface area contributed by atoms with Crippen LogP contribution in [0.1, 0.15) is 46.9 Å². The van der Waals surface area contributed by atoms with Crippen molar-refractivity contribution in [3.05, 3.63) is 90.0 Å². The molecule has 1 saturated heterocycles. The van der Waals surface area contributed by atoms with Crippen molar-refractivity contribution in [2.45, 2.75) is 26.2 Å². The molecule has 3 amide bonds. The van der Waals surface area contributed by atoms with E-state index in [-0.39, 0.29) is 24.3 Å². The summed E-state index contributed by atoms with van der Waals surface area (Å²) in [6.45, 7) is 4.21. The normalized spacial score (nSPS) is 13.1. The zero-order chi connectivity index (χ0) is 25.3. The number of nitrogens with one attached hydrogen (secondary N) is 2. The molecule has 0 radical (unpaired) electrons. The van der Waals surface area contributed by atoms with Gasteiger partial charge in [0.05, 0.1) is 6.54 Å². The third-order valence-electron chi connectivity index (χ3n) is 6.27. The summed E-state index contributed by atoms with van der Waals surface area (Å²) in [7, 11) is 0. The van der Waals surface area contributed by atoms with Crippen LogP contribution in [0.3, 0.4) is 0 Å². The highest BCUT2D eigenvalue weighted by atomic mass is 16.2. The van der Waals surface area contributed by atoms with Crippen LogP contribution in [0.25, 0.3) is 0 Å². The number of carbonyl (C=O) groups excluding carboxylic acids is 3. The standard InChI is InChI=1S/C29H32N4O3/c1-2-33(26-9-5-3-6-10-26)29(36)23-13-17-25(18-14-23)31-27(34)21-30-24-15-11-22(12-16-24)28(35)32-19-7-4-8-20-32/h3,5-6,9-18,30H,2,4,7-8,19-21H2,1H3,(H,31,34). The molecule has 3 aromatic rings. The zero-order valence-corrected chi connectivity index (χ0v) is 20.6. The van der Waals surface area contributed by atoms with Crippen LogP contribution in [0.4, 0.5) is 17.1 Å². The quantitative estimate of drug-likeness (QED) is 0.470. The first-order valence-corrected chi connectivity index (χ1v) is 12.4. The molecule has 1 heterocycles. The lowest BCUT2D eigenvalue weighted by Crippen LogP contribution is -2.35. The van der Waals surface area contributed by atoms with Gasteiger partial charge in [-0.15, -0.1) is 0 Å². The van der Waals surface area contributed by atoms with Crippen molar-refractivity contribution in [1.82, 2.24) is 4.90 Å². The Morgan fingerprint density at radius 3 is 2.03 bits per heavy atom. The van der Waals surface area contributed by atoms with Gasteiger partial charge in [0.1, 0.15) is 0 Å². The predicted molar refractivity (Wildman–Crippen MR) is 144 cm³/mol. The van der Waals surface area contributed by atoms with E-state index in [0.29, 0.717) is 23.4 Å². The number of hydrogen-bond acceptors (Lipinski definition) is 4. The van der Waals surface area contributed by atoms with E-state index in [2.05, 4.69) is 10.6 Å². The Bertz CT molecular complexity index is 1170. The monoisotopic (exact) mass is 484 g/mol. The molecule has 0 unspecified atom stereocenters. The number of anilines is 3. The Kier molecular flexibility index (Phi) is 8.34. The number of carbonyl (C=O) groups is 3. The Morgan fingerprint density at radius 2 is 1.39 bits per heavy atom. The molecule has 0 aromatic heterocycles. The number of benzene rings is 3. The van der Waals surface area contributed by atoms with Crippen molar-refractivity contribution in [1.29, 1.82) is 0 Å². The van der Waals surface area contributed by atoms with Gasteiger partial charge in [-0.05, 0) is 86.8 Å². The topological polar surface area (TPSA) is 81.8 Å². The van der Waals surface area contributed by atoms with Gasteiger partial charge in [0.15, 0.2) is 0 Å². The minimum Gasteiger partial charge on any atom is -0.376 e. The molecule has 0 spiro atoms. The van der Waals surface area contributed by atoms with E-state index in [4.69, 9.17) is 0 Å². The number of hydrogen-bond donors (Lipinski definition) is 2. The molecule has 2 N–H and O–H groups in total. The van der Waals surface area contributed by atoms with Crippen LogP contribution in [0.15, 0.2) is 78.9 Å². The van der Waals surface area contributed by atoms with Gasteiger partial charge in [-0.1, -0.05) is 18.2 Å². The van der Waals surface area contributed by atoms with Crippen molar-refractivity contribution < 1.29 is 14.4 Å². The molecule has 0 atom stereocenters. The third kappa shape index (κ3) is 6.30. The van der Waals surface area contributed by atoms with Gasteiger partial charge < -0.3 is 20.4 Å². The Balaban J connectivity index is 1.28. The first kappa shape index (κ1) is 25.0. The highest BCUT2D eigenvalue weighted by Crippen LogP contribution is 2.19. The Hall–Kier alpha value is -4.13. The maximum atomic E-state index is 12.9. The highest BCUT2D eigenvalue weighted by Gasteiger charge is 2.18. The van der Waals surface area contributed by atoms with Gasteiger partial charge in [-0.2, -0.15) is 0 Å². The molecule has 0 bridgehead atoms. The van der Waals surface area contributed by atoms with Crippen molar-refractivity contribution in [3.63, 3.8) is 0 Å². The van der Waals surface area contributed by atoms with E-state index in [0.717, 1.165) is 37.3 Å². The summed E-state index contributed by atoms with van der Waals surface area (Å²) in [5.74, 6) is -0.237. The Labute approximate surface area is 212 Å². The van der Waals surface area contributed by atoms with Gasteiger partial charge in [0, 0.05) is 47.8 Å². The van der Waals surface area contributed by atoms with Gasteiger partial charge in [-0.3, -0.25) is 14.4 Å². The van der Waals surface area contributed by atoms with E-state index in [1.165, 1.54) is 6.42 Å². The van der Waals surface area contributed by atoms with Gasteiger partial charge in [-0.25, -0.2) is 0 Å². The number of rotatable bonds is 8. The minimum atomic E-state index is -0.206. The van der Waals surface area contributed by atoms with Crippen molar-refractivity contribution in [2.75, 3.05) is 41.7 Å². The fraction of sp³-hybridized carbons (Fsp3) is 0.276. The maximum absolute atomic E-state index is 12.9. The van der Waals surface area contributed by atoms with E-state index in [1.54, 1.807) is 41.3 Å². The molecule has 3 aromatic carbocycles. The first-order valence-electron chi connectivity index (χ1n) is 12.4. The lowest BCUT2D eigenvalue weighted by atomic mass is 10.1. The number of para-hydroxylation sites is 1. The minimum absolute atomic E-state index is 0.0618. The molecule has 0 aliphatic carbocycles. The maximum Gasteiger partial charge on any atom is 0.258 e. The second-order valence-electron chi connectivity index (χ2n) is 8.79. The van der Waals surface area contributed by atoms with Crippen LogP contribution in [0, 0.1) is 0 Å². The molecule has 7 nitrogen and oxygen atoms in total. The van der Waals surface area contributed by atoms with Crippen LogP contribution in [-0.2, 0) is 4.79 Å². The van der Waals surface area contributed by atoms with E-state index < -0.39 is 0 Å². The summed E-state index contributed by atoms with van der Waals surface area (Å²) in [5, 5.41) is 5.92. The second kappa shape index (κ2) is 12.0. The predicted octanol–water partition coefficient (Wildman–Crippen LogP) is 5.03. The fourth-order valence-corrected chi connectivity index (χ4v) is 4.30. The average molecular weight is 485 g/mol. The number of amides is 3.